The number of carbonyl (C=O) groups excluding carboxylic acids is 3. The second-order valence-corrected chi connectivity index (χ2v) is 11.6. The molecule has 1 unspecified atom stereocenters. The van der Waals surface area contributed by atoms with Crippen LogP contribution < -0.4 is 11.1 Å². The first-order chi connectivity index (χ1) is 20.6. The van der Waals surface area contributed by atoms with Crippen LogP contribution in [0.5, 0.6) is 0 Å². The molecule has 12 heteroatoms. The molecular formula is C31H42N2O9S. The van der Waals surface area contributed by atoms with Crippen molar-refractivity contribution in [3.63, 3.8) is 0 Å². The predicted octanol–water partition coefficient (Wildman–Crippen LogP) is 1.66. The third-order valence-electron chi connectivity index (χ3n) is 7.18. The smallest absolute Gasteiger partial charge is 0.366 e. The van der Waals surface area contributed by atoms with Crippen LogP contribution in [-0.2, 0) is 23.8 Å². The molecular weight excluding hydrogens is 576 g/mol. The summed E-state index contributed by atoms with van der Waals surface area (Å²) in [5.41, 5.74) is 7.93. The van der Waals surface area contributed by atoms with Crippen LogP contribution in [0, 0.1) is 0 Å². The predicted molar refractivity (Wildman–Crippen MR) is 162 cm³/mol. The van der Waals surface area contributed by atoms with Gasteiger partial charge >= 0.3 is 5.97 Å². The van der Waals surface area contributed by atoms with Crippen LogP contribution in [0.25, 0.3) is 11.1 Å². The number of rotatable bonds is 16. The average Bonchev–Trinajstić information content (AvgIpc) is 3.02. The number of esters is 1. The van der Waals surface area contributed by atoms with Crippen LogP contribution in [0.3, 0.4) is 0 Å². The van der Waals surface area contributed by atoms with Crippen molar-refractivity contribution in [2.24, 2.45) is 5.73 Å². The number of benzene rings is 2. The number of Topliss-reactive ketones (excluding diaryl/α,β-unsaturated/α-hetero) is 1. The van der Waals surface area contributed by atoms with E-state index in [9.17, 15) is 29.7 Å². The molecule has 2 aromatic carbocycles. The summed E-state index contributed by atoms with van der Waals surface area (Å²) in [6.45, 7) is 1.84. The molecule has 1 fully saturated rings. The van der Waals surface area contributed by atoms with Crippen molar-refractivity contribution in [3.8, 4) is 11.1 Å². The molecule has 3 rings (SSSR count). The Morgan fingerprint density at radius 3 is 2.40 bits per heavy atom. The summed E-state index contributed by atoms with van der Waals surface area (Å²) in [5, 5.41) is 35.6. The maximum absolute atomic E-state index is 12.9. The van der Waals surface area contributed by atoms with Gasteiger partial charge < -0.3 is 40.6 Å². The molecule has 1 aliphatic heterocycles. The number of ketones is 1. The number of hydrogen-bond donors (Lipinski definition) is 5. The van der Waals surface area contributed by atoms with Gasteiger partial charge in [-0.3, -0.25) is 9.59 Å². The lowest BCUT2D eigenvalue weighted by Crippen LogP contribution is -2.67. The quantitative estimate of drug-likeness (QED) is 0.105. The Morgan fingerprint density at radius 2 is 1.77 bits per heavy atom. The normalized spacial score (nSPS) is 23.3. The molecule has 6 N–H and O–H groups in total. The zero-order valence-electron chi connectivity index (χ0n) is 24.5. The van der Waals surface area contributed by atoms with Crippen LogP contribution in [-0.4, -0.2) is 101 Å². The van der Waals surface area contributed by atoms with Gasteiger partial charge in [0.2, 0.25) is 5.91 Å². The Hall–Kier alpha value is -2.84. The van der Waals surface area contributed by atoms with Gasteiger partial charge in [-0.2, -0.15) is 11.8 Å². The summed E-state index contributed by atoms with van der Waals surface area (Å²) < 4.78 is 16.7. The van der Waals surface area contributed by atoms with E-state index in [1.807, 2.05) is 42.5 Å². The highest BCUT2D eigenvalue weighted by atomic mass is 32.2. The Labute approximate surface area is 256 Å². The fourth-order valence-electron chi connectivity index (χ4n) is 4.97. The van der Waals surface area contributed by atoms with E-state index >= 15 is 0 Å². The van der Waals surface area contributed by atoms with Crippen molar-refractivity contribution < 1.29 is 43.9 Å². The van der Waals surface area contributed by atoms with E-state index in [1.54, 1.807) is 23.9 Å². The second kappa shape index (κ2) is 16.9. The van der Waals surface area contributed by atoms with Gasteiger partial charge in [0.15, 0.2) is 5.78 Å². The average molecular weight is 619 g/mol. The summed E-state index contributed by atoms with van der Waals surface area (Å²) in [7, 11) is 1.14. The maximum atomic E-state index is 12.9. The van der Waals surface area contributed by atoms with Crippen molar-refractivity contribution in [3.05, 3.63) is 60.2 Å². The highest BCUT2D eigenvalue weighted by Crippen LogP contribution is 2.35. The van der Waals surface area contributed by atoms with Crippen molar-refractivity contribution in [2.45, 2.75) is 68.9 Å². The Bertz CT molecular complexity index is 1180. The molecule has 0 aromatic heterocycles. The molecule has 0 radical (unpaired) electrons. The molecule has 236 valence electrons. The number of aliphatic hydroxyl groups is 3. The number of methoxy groups -OCH3 is 1. The SMILES string of the molecule is COC(=O)[C@@]1(OCCCSCCN)C[C@@H](O)[C@@H](NC(C)=O)C([C@H](O)[C@H](O)CCC(=O)c2ccc(-c3ccccc3)cc2)O1. The zero-order chi connectivity index (χ0) is 31.4. The van der Waals surface area contributed by atoms with Gasteiger partial charge in [-0.05, 0) is 29.7 Å². The molecule has 6 atom stereocenters. The number of nitrogens with one attached hydrogen (secondary N) is 1. The zero-order valence-corrected chi connectivity index (χ0v) is 25.3. The van der Waals surface area contributed by atoms with Gasteiger partial charge in [0.1, 0.15) is 12.2 Å². The van der Waals surface area contributed by atoms with Crippen molar-refractivity contribution >= 4 is 29.4 Å². The van der Waals surface area contributed by atoms with Crippen LogP contribution >= 0.6 is 11.8 Å². The Morgan fingerprint density at radius 1 is 1.09 bits per heavy atom. The number of hydrogen-bond acceptors (Lipinski definition) is 11. The number of thioether (sulfide) groups is 1. The van der Waals surface area contributed by atoms with E-state index in [1.165, 1.54) is 6.92 Å². The van der Waals surface area contributed by atoms with Crippen LogP contribution in [0.1, 0.15) is 43.0 Å². The molecule has 0 saturated carbocycles. The monoisotopic (exact) mass is 618 g/mol. The molecule has 11 nitrogen and oxygen atoms in total. The first-order valence-corrected chi connectivity index (χ1v) is 15.4. The van der Waals surface area contributed by atoms with Gasteiger partial charge in [-0.25, -0.2) is 4.79 Å². The van der Waals surface area contributed by atoms with E-state index in [-0.39, 0.29) is 31.7 Å². The molecule has 43 heavy (non-hydrogen) atoms. The molecule has 1 aliphatic rings. The largest absolute Gasteiger partial charge is 0.465 e. The van der Waals surface area contributed by atoms with E-state index in [0.717, 1.165) is 24.0 Å². The third-order valence-corrected chi connectivity index (χ3v) is 8.28. The minimum Gasteiger partial charge on any atom is -0.465 e. The summed E-state index contributed by atoms with van der Waals surface area (Å²) in [4.78, 5) is 37.7. The summed E-state index contributed by atoms with van der Waals surface area (Å²) in [6, 6.07) is 15.6. The van der Waals surface area contributed by atoms with Gasteiger partial charge in [-0.15, -0.1) is 0 Å². The lowest BCUT2D eigenvalue weighted by atomic mass is 9.87. The summed E-state index contributed by atoms with van der Waals surface area (Å²) >= 11 is 1.62. The number of amides is 1. The fourth-order valence-corrected chi connectivity index (χ4v) is 5.66. The highest BCUT2D eigenvalue weighted by molar-refractivity contribution is 7.99. The molecule has 0 bridgehead atoms. The van der Waals surface area contributed by atoms with Crippen molar-refractivity contribution in [1.29, 1.82) is 0 Å². The lowest BCUT2D eigenvalue weighted by Gasteiger charge is -2.47. The van der Waals surface area contributed by atoms with Gasteiger partial charge in [0, 0.05) is 37.6 Å². The minimum absolute atomic E-state index is 0.0765. The van der Waals surface area contributed by atoms with Crippen LogP contribution in [0.2, 0.25) is 0 Å². The van der Waals surface area contributed by atoms with Gasteiger partial charge in [0.05, 0.1) is 32.0 Å². The third kappa shape index (κ3) is 9.57. The van der Waals surface area contributed by atoms with E-state index in [0.29, 0.717) is 24.3 Å². The van der Waals surface area contributed by atoms with Crippen molar-refractivity contribution in [2.75, 3.05) is 31.8 Å². The molecule has 1 heterocycles. The molecule has 0 aliphatic carbocycles. The Balaban J connectivity index is 1.70. The van der Waals surface area contributed by atoms with E-state index < -0.39 is 48.1 Å². The van der Waals surface area contributed by atoms with Gasteiger partial charge in [0.25, 0.3) is 5.79 Å². The maximum Gasteiger partial charge on any atom is 0.366 e. The first kappa shape index (κ1) is 34.6. The first-order valence-electron chi connectivity index (χ1n) is 14.3. The van der Waals surface area contributed by atoms with Gasteiger partial charge in [-0.1, -0.05) is 54.6 Å². The summed E-state index contributed by atoms with van der Waals surface area (Å²) in [6.07, 6.45) is -6.13. The second-order valence-electron chi connectivity index (χ2n) is 10.4. The van der Waals surface area contributed by atoms with E-state index in [2.05, 4.69) is 5.32 Å². The van der Waals surface area contributed by atoms with E-state index in [4.69, 9.17) is 19.9 Å². The number of nitrogens with two attached hydrogens (primary N) is 1. The number of ether oxygens (including phenoxy) is 3. The van der Waals surface area contributed by atoms with Crippen molar-refractivity contribution in [1.82, 2.24) is 5.32 Å². The standard InChI is InChI=1S/C31H42N2O9S/c1-20(34)33-27-26(37)19-31(30(39)40-2,41-16-6-17-43-18-15-32)42-29(27)28(38)25(36)14-13-24(35)23-11-9-22(10-12-23)21-7-4-3-5-8-21/h3-5,7-12,25-29,36-38H,6,13-19,32H2,1-2H3,(H,33,34)/t25-,26-,27-,28-,29?,31-/m1/s1. The molecule has 1 amide bonds. The molecule has 2 aromatic rings. The molecule has 0 spiro atoms. The fraction of sp³-hybridized carbons (Fsp3) is 0.516. The summed E-state index contributed by atoms with van der Waals surface area (Å²) in [5.74, 6) is -2.29. The topological polar surface area (TPSA) is 178 Å². The lowest BCUT2D eigenvalue weighted by molar-refractivity contribution is -0.311. The highest BCUT2D eigenvalue weighted by Gasteiger charge is 2.56. The number of carbonyl (C=O) groups is 3. The van der Waals surface area contributed by atoms with Crippen LogP contribution in [0.15, 0.2) is 54.6 Å². The number of aliphatic hydroxyl groups excluding tert-OH is 3. The minimum atomic E-state index is -2.08. The van der Waals surface area contributed by atoms with Crippen LogP contribution in [0.4, 0.5) is 0 Å². The molecule has 1 saturated heterocycles. The Kier molecular flexibility index (Phi) is 13.6.